The molecule has 0 saturated carbocycles. The lowest BCUT2D eigenvalue weighted by atomic mass is 9.95. The highest BCUT2D eigenvalue weighted by atomic mass is 16.5. The van der Waals surface area contributed by atoms with Crippen LogP contribution in [0.15, 0.2) is 48.2 Å². The lowest BCUT2D eigenvalue weighted by molar-refractivity contribution is -0.128. The van der Waals surface area contributed by atoms with Gasteiger partial charge in [-0.15, -0.1) is 0 Å². The van der Waals surface area contributed by atoms with Gasteiger partial charge < -0.3 is 15.4 Å². The molecule has 0 bridgehead atoms. The molecule has 2 N–H and O–H groups in total. The number of aryl methyl sites for hydroxylation is 2. The summed E-state index contributed by atoms with van der Waals surface area (Å²) in [7, 11) is 1.57. The minimum Gasteiger partial charge on any atom is -0.496 e. The van der Waals surface area contributed by atoms with Crippen LogP contribution >= 0.6 is 0 Å². The van der Waals surface area contributed by atoms with Crippen LogP contribution < -0.4 is 15.4 Å². The fraction of sp³-hybridized carbons (Fsp3) is 0.304. The van der Waals surface area contributed by atoms with E-state index in [0.717, 1.165) is 11.1 Å². The van der Waals surface area contributed by atoms with Gasteiger partial charge in [0, 0.05) is 16.7 Å². The SMILES string of the molecule is COc1ccccc1/C=C(/NC(=O)C(C)(C)C)C(=O)Nc1ccc(C)cc1C. The molecule has 2 amide bonds. The molecule has 5 nitrogen and oxygen atoms in total. The molecule has 0 atom stereocenters. The lowest BCUT2D eigenvalue weighted by Gasteiger charge is -2.20. The summed E-state index contributed by atoms with van der Waals surface area (Å²) in [5, 5.41) is 5.65. The summed E-state index contributed by atoms with van der Waals surface area (Å²) < 4.78 is 5.36. The summed E-state index contributed by atoms with van der Waals surface area (Å²) >= 11 is 0. The van der Waals surface area contributed by atoms with Crippen molar-refractivity contribution in [2.75, 3.05) is 12.4 Å². The predicted octanol–water partition coefficient (Wildman–Crippen LogP) is 4.45. The minimum absolute atomic E-state index is 0.157. The molecule has 2 aromatic rings. The standard InChI is InChI=1S/C23H28N2O3/c1-15-11-12-18(16(2)13-15)24-21(26)19(25-22(27)23(3,4)5)14-17-9-7-8-10-20(17)28-6/h7-14H,1-6H3,(H,24,26)(H,25,27)/b19-14+. The van der Waals surface area contributed by atoms with Gasteiger partial charge in [-0.1, -0.05) is 56.7 Å². The lowest BCUT2D eigenvalue weighted by Crippen LogP contribution is -2.38. The number of hydrogen-bond acceptors (Lipinski definition) is 3. The third kappa shape index (κ3) is 5.46. The molecule has 0 aliphatic rings. The number of methoxy groups -OCH3 is 1. The number of ether oxygens (including phenoxy) is 1. The van der Waals surface area contributed by atoms with Crippen LogP contribution in [-0.4, -0.2) is 18.9 Å². The molecule has 148 valence electrons. The molecule has 0 saturated heterocycles. The summed E-state index contributed by atoms with van der Waals surface area (Å²) in [5.41, 5.74) is 2.98. The minimum atomic E-state index is -0.639. The fourth-order valence-corrected chi connectivity index (χ4v) is 2.55. The maximum absolute atomic E-state index is 13.0. The first-order valence-electron chi connectivity index (χ1n) is 9.16. The molecular formula is C23H28N2O3. The molecule has 2 aromatic carbocycles. The zero-order chi connectivity index (χ0) is 20.9. The molecule has 2 rings (SSSR count). The van der Waals surface area contributed by atoms with Gasteiger partial charge in [0.05, 0.1) is 7.11 Å². The average Bonchev–Trinajstić information content (AvgIpc) is 2.63. The second-order valence-corrected chi connectivity index (χ2v) is 7.78. The van der Waals surface area contributed by atoms with Crippen molar-refractivity contribution in [3.8, 4) is 5.75 Å². The number of hydrogen-bond donors (Lipinski definition) is 2. The van der Waals surface area contributed by atoms with Gasteiger partial charge in [0.2, 0.25) is 5.91 Å². The Balaban J connectivity index is 2.40. The van der Waals surface area contributed by atoms with Gasteiger partial charge in [-0.3, -0.25) is 9.59 Å². The highest BCUT2D eigenvalue weighted by Crippen LogP contribution is 2.22. The summed E-state index contributed by atoms with van der Waals surface area (Å²) in [6.45, 7) is 9.32. The van der Waals surface area contributed by atoms with E-state index in [0.29, 0.717) is 17.0 Å². The number of rotatable bonds is 5. The van der Waals surface area contributed by atoms with Crippen LogP contribution in [0.1, 0.15) is 37.5 Å². The monoisotopic (exact) mass is 380 g/mol. The van der Waals surface area contributed by atoms with Crippen molar-refractivity contribution in [1.29, 1.82) is 0 Å². The average molecular weight is 380 g/mol. The highest BCUT2D eigenvalue weighted by molar-refractivity contribution is 6.09. The summed E-state index contributed by atoms with van der Waals surface area (Å²) in [4.78, 5) is 25.5. The molecule has 0 aliphatic heterocycles. The number of amides is 2. The van der Waals surface area contributed by atoms with E-state index < -0.39 is 11.3 Å². The number of para-hydroxylation sites is 1. The number of carbonyl (C=O) groups is 2. The van der Waals surface area contributed by atoms with Crippen LogP contribution in [-0.2, 0) is 9.59 Å². The molecule has 0 fully saturated rings. The molecule has 0 unspecified atom stereocenters. The molecule has 0 aliphatic carbocycles. The van der Waals surface area contributed by atoms with Crippen molar-refractivity contribution in [3.63, 3.8) is 0 Å². The molecule has 0 heterocycles. The van der Waals surface area contributed by atoms with Gasteiger partial charge in [-0.05, 0) is 37.6 Å². The zero-order valence-electron chi connectivity index (χ0n) is 17.3. The second-order valence-electron chi connectivity index (χ2n) is 7.78. The predicted molar refractivity (Wildman–Crippen MR) is 113 cm³/mol. The zero-order valence-corrected chi connectivity index (χ0v) is 17.3. The van der Waals surface area contributed by atoms with Crippen LogP contribution in [0.5, 0.6) is 5.75 Å². The summed E-state index contributed by atoms with van der Waals surface area (Å²) in [6, 6.07) is 13.1. The Morgan fingerprint density at radius 2 is 1.71 bits per heavy atom. The van der Waals surface area contributed by atoms with E-state index in [2.05, 4.69) is 10.6 Å². The van der Waals surface area contributed by atoms with Crippen LogP contribution in [0.2, 0.25) is 0 Å². The van der Waals surface area contributed by atoms with Gasteiger partial charge in [-0.2, -0.15) is 0 Å². The smallest absolute Gasteiger partial charge is 0.272 e. The van der Waals surface area contributed by atoms with Crippen LogP contribution in [0.25, 0.3) is 6.08 Å². The Morgan fingerprint density at radius 1 is 1.04 bits per heavy atom. The Labute approximate surface area is 166 Å². The normalized spacial score (nSPS) is 11.7. The first-order chi connectivity index (χ1) is 13.1. The van der Waals surface area contributed by atoms with Gasteiger partial charge in [0.25, 0.3) is 5.91 Å². The maximum Gasteiger partial charge on any atom is 0.272 e. The van der Waals surface area contributed by atoms with Gasteiger partial charge in [0.1, 0.15) is 11.4 Å². The summed E-state index contributed by atoms with van der Waals surface area (Å²) in [5.74, 6) is -0.0239. The van der Waals surface area contributed by atoms with Crippen LogP contribution in [0.3, 0.4) is 0 Å². The molecule has 5 heteroatoms. The quantitative estimate of drug-likeness (QED) is 0.753. The number of nitrogens with one attached hydrogen (secondary N) is 2. The number of carbonyl (C=O) groups excluding carboxylic acids is 2. The molecule has 0 aromatic heterocycles. The third-order valence-electron chi connectivity index (χ3n) is 4.24. The van der Waals surface area contributed by atoms with E-state index >= 15 is 0 Å². The Bertz CT molecular complexity index is 908. The van der Waals surface area contributed by atoms with Crippen molar-refractivity contribution < 1.29 is 14.3 Å². The van der Waals surface area contributed by atoms with Crippen LogP contribution in [0.4, 0.5) is 5.69 Å². The fourth-order valence-electron chi connectivity index (χ4n) is 2.55. The van der Waals surface area contributed by atoms with Gasteiger partial charge in [0.15, 0.2) is 0 Å². The molecular weight excluding hydrogens is 352 g/mol. The van der Waals surface area contributed by atoms with Crippen molar-refractivity contribution >= 4 is 23.6 Å². The van der Waals surface area contributed by atoms with E-state index in [9.17, 15) is 9.59 Å². The third-order valence-corrected chi connectivity index (χ3v) is 4.24. The maximum atomic E-state index is 13.0. The van der Waals surface area contributed by atoms with Crippen molar-refractivity contribution in [3.05, 3.63) is 64.9 Å². The van der Waals surface area contributed by atoms with E-state index in [1.165, 1.54) is 0 Å². The Kier molecular flexibility index (Phi) is 6.62. The van der Waals surface area contributed by atoms with Gasteiger partial charge in [-0.25, -0.2) is 0 Å². The highest BCUT2D eigenvalue weighted by Gasteiger charge is 2.24. The Morgan fingerprint density at radius 3 is 2.32 bits per heavy atom. The second kappa shape index (κ2) is 8.74. The number of anilines is 1. The first kappa shape index (κ1) is 21.2. The molecule has 28 heavy (non-hydrogen) atoms. The summed E-state index contributed by atoms with van der Waals surface area (Å²) in [6.07, 6.45) is 1.63. The van der Waals surface area contributed by atoms with E-state index in [1.54, 1.807) is 40.0 Å². The molecule has 0 spiro atoms. The van der Waals surface area contributed by atoms with Crippen molar-refractivity contribution in [2.45, 2.75) is 34.6 Å². The van der Waals surface area contributed by atoms with E-state index in [4.69, 9.17) is 4.74 Å². The largest absolute Gasteiger partial charge is 0.496 e. The topological polar surface area (TPSA) is 67.4 Å². The van der Waals surface area contributed by atoms with E-state index in [-0.39, 0.29) is 11.6 Å². The molecule has 0 radical (unpaired) electrons. The van der Waals surface area contributed by atoms with Crippen LogP contribution in [0, 0.1) is 19.3 Å². The van der Waals surface area contributed by atoms with Crippen molar-refractivity contribution in [1.82, 2.24) is 5.32 Å². The van der Waals surface area contributed by atoms with Crippen molar-refractivity contribution in [2.24, 2.45) is 5.41 Å². The van der Waals surface area contributed by atoms with Gasteiger partial charge >= 0.3 is 0 Å². The Hall–Kier alpha value is -3.08. The number of benzene rings is 2. The van der Waals surface area contributed by atoms with E-state index in [1.807, 2.05) is 50.2 Å². The first-order valence-corrected chi connectivity index (χ1v) is 9.16.